The lowest BCUT2D eigenvalue weighted by Gasteiger charge is -2.45. The second-order valence-electron chi connectivity index (χ2n) is 10.1. The summed E-state index contributed by atoms with van der Waals surface area (Å²) in [4.78, 5) is 37.9. The van der Waals surface area contributed by atoms with Gasteiger partial charge in [0.15, 0.2) is 6.10 Å². The molecule has 0 radical (unpaired) electrons. The Hall–Kier alpha value is -1.93. The molecule has 0 amide bonds. The largest absolute Gasteiger partial charge is 0.459 e. The lowest BCUT2D eigenvalue weighted by atomic mass is 9.52. The molecule has 3 saturated heterocycles. The molecule has 0 bridgehead atoms. The van der Waals surface area contributed by atoms with E-state index in [0.29, 0.717) is 17.6 Å². The van der Waals surface area contributed by atoms with Gasteiger partial charge in [0.2, 0.25) is 11.9 Å². The number of hydrogen-bond donors (Lipinski definition) is 1. The average Bonchev–Trinajstić information content (AvgIpc) is 3.30. The molecule has 0 aromatic heterocycles. The molecule has 1 N–H and O–H groups in total. The topological polar surface area (TPSA) is 108 Å². The van der Waals surface area contributed by atoms with Crippen LogP contribution >= 0.6 is 0 Å². The highest BCUT2D eigenvalue weighted by molar-refractivity contribution is 6.00. The number of rotatable bonds is 0. The van der Waals surface area contributed by atoms with Crippen LogP contribution in [0.3, 0.4) is 0 Å². The summed E-state index contributed by atoms with van der Waals surface area (Å²) >= 11 is 0. The van der Waals surface area contributed by atoms with Gasteiger partial charge in [-0.25, -0.2) is 14.4 Å². The first-order valence-corrected chi connectivity index (χ1v) is 9.73. The predicted octanol–water partition coefficient (Wildman–Crippen LogP) is 0.609. The minimum atomic E-state index is -1.55. The van der Waals surface area contributed by atoms with Gasteiger partial charge in [-0.05, 0) is 24.7 Å². The van der Waals surface area contributed by atoms with Gasteiger partial charge in [-0.15, -0.1) is 0 Å². The number of hydrogen-bond acceptors (Lipinski definition) is 8. The van der Waals surface area contributed by atoms with Crippen LogP contribution in [0.4, 0.5) is 0 Å². The highest BCUT2D eigenvalue weighted by Gasteiger charge is 2.96. The zero-order valence-corrected chi connectivity index (χ0v) is 16.1. The minimum Gasteiger partial charge on any atom is -0.459 e. The van der Waals surface area contributed by atoms with Crippen LogP contribution in [0.2, 0.25) is 0 Å². The van der Waals surface area contributed by atoms with Crippen molar-refractivity contribution in [2.75, 3.05) is 0 Å². The molecule has 8 heteroatoms. The van der Waals surface area contributed by atoms with E-state index in [1.165, 1.54) is 0 Å². The minimum absolute atomic E-state index is 0.193. The van der Waals surface area contributed by atoms with Crippen molar-refractivity contribution in [3.63, 3.8) is 0 Å². The summed E-state index contributed by atoms with van der Waals surface area (Å²) in [5, 5.41) is 11.2. The van der Waals surface area contributed by atoms with Gasteiger partial charge in [0, 0.05) is 17.6 Å². The number of fused-ring (bicyclic) bond motifs is 1. The van der Waals surface area contributed by atoms with Crippen molar-refractivity contribution in [1.82, 2.24) is 0 Å². The number of aliphatic hydroxyl groups excluding tert-OH is 1. The first-order chi connectivity index (χ1) is 13.0. The van der Waals surface area contributed by atoms with Crippen LogP contribution in [0, 0.1) is 22.2 Å². The van der Waals surface area contributed by atoms with E-state index in [1.807, 2.05) is 20.8 Å². The first-order valence-electron chi connectivity index (χ1n) is 9.73. The zero-order valence-electron chi connectivity index (χ0n) is 16.1. The van der Waals surface area contributed by atoms with Crippen molar-refractivity contribution >= 4 is 17.9 Å². The molecule has 2 aliphatic carbocycles. The second kappa shape index (κ2) is 4.31. The van der Waals surface area contributed by atoms with Gasteiger partial charge < -0.3 is 24.1 Å². The number of ether oxygens (including phenoxy) is 4. The Kier molecular flexibility index (Phi) is 2.61. The van der Waals surface area contributed by atoms with E-state index in [0.717, 1.165) is 0 Å². The molecule has 0 aromatic carbocycles. The third kappa shape index (κ3) is 1.28. The monoisotopic (exact) mass is 390 g/mol. The number of carbonyl (C=O) groups is 3. The molecular formula is C20H22O8. The van der Waals surface area contributed by atoms with Crippen LogP contribution in [0.5, 0.6) is 0 Å². The quantitative estimate of drug-likeness (QED) is 0.473. The van der Waals surface area contributed by atoms with Gasteiger partial charge in [0.05, 0.1) is 10.8 Å². The number of aliphatic hydroxyl groups is 1. The first kappa shape index (κ1) is 17.0. The summed E-state index contributed by atoms with van der Waals surface area (Å²) in [5.41, 5.74) is -3.18. The van der Waals surface area contributed by atoms with Crippen molar-refractivity contribution < 1.29 is 38.4 Å². The van der Waals surface area contributed by atoms with Crippen molar-refractivity contribution in [3.8, 4) is 0 Å². The summed E-state index contributed by atoms with van der Waals surface area (Å²) in [7, 11) is 0. The number of esters is 3. The van der Waals surface area contributed by atoms with Crippen molar-refractivity contribution in [1.29, 1.82) is 0 Å². The molecule has 8 nitrogen and oxygen atoms in total. The summed E-state index contributed by atoms with van der Waals surface area (Å²) in [6.07, 6.45) is -2.87. The van der Waals surface area contributed by atoms with Gasteiger partial charge in [0.1, 0.15) is 12.2 Å². The smallest absolute Gasteiger partial charge is 0.344 e. The van der Waals surface area contributed by atoms with Crippen LogP contribution < -0.4 is 0 Å². The normalized spacial score (nSPS) is 53.0. The van der Waals surface area contributed by atoms with E-state index in [1.54, 1.807) is 6.92 Å². The van der Waals surface area contributed by atoms with E-state index in [2.05, 4.69) is 0 Å². The number of carbonyl (C=O) groups excluding carboxylic acids is 3. The molecule has 4 aliphatic heterocycles. The lowest BCUT2D eigenvalue weighted by molar-refractivity contribution is -0.191. The summed E-state index contributed by atoms with van der Waals surface area (Å²) < 4.78 is 23.2. The highest BCUT2D eigenvalue weighted by Crippen LogP contribution is 2.83. The van der Waals surface area contributed by atoms with E-state index in [-0.39, 0.29) is 17.8 Å². The molecule has 150 valence electrons. The Bertz CT molecular complexity index is 914. The van der Waals surface area contributed by atoms with Gasteiger partial charge >= 0.3 is 17.9 Å². The molecule has 6 rings (SSSR count). The molecule has 8 atom stereocenters. The van der Waals surface area contributed by atoms with Gasteiger partial charge in [0.25, 0.3) is 0 Å². The van der Waals surface area contributed by atoms with E-state index < -0.39 is 58.9 Å². The summed E-state index contributed by atoms with van der Waals surface area (Å²) in [5.74, 6) is -1.97. The molecular weight excluding hydrogens is 368 g/mol. The van der Waals surface area contributed by atoms with E-state index in [4.69, 9.17) is 18.9 Å². The van der Waals surface area contributed by atoms with Gasteiger partial charge in [-0.1, -0.05) is 20.8 Å². The fourth-order valence-corrected chi connectivity index (χ4v) is 7.60. The Morgan fingerprint density at radius 1 is 1.11 bits per heavy atom. The second-order valence-corrected chi connectivity index (χ2v) is 10.1. The molecule has 6 aliphatic rings. The van der Waals surface area contributed by atoms with Gasteiger partial charge in [-0.2, -0.15) is 0 Å². The Labute approximate surface area is 161 Å². The molecule has 0 aromatic rings. The molecule has 28 heavy (non-hydrogen) atoms. The fourth-order valence-electron chi connectivity index (χ4n) is 7.60. The van der Waals surface area contributed by atoms with Gasteiger partial charge in [-0.3, -0.25) is 0 Å². The summed E-state index contributed by atoms with van der Waals surface area (Å²) in [6.45, 7) is 7.74. The Balaban J connectivity index is 1.70. The Morgan fingerprint density at radius 3 is 2.50 bits per heavy atom. The SMILES string of the molecule is CC1=C2C(CC34C5CC(C(C)(C)C)C36C(OC(=O)C6O)OC24C(=O)O5)OC1=O. The maximum Gasteiger partial charge on any atom is 0.344 e. The summed E-state index contributed by atoms with van der Waals surface area (Å²) in [6, 6.07) is 0. The lowest BCUT2D eigenvalue weighted by Crippen LogP contribution is -2.58. The van der Waals surface area contributed by atoms with E-state index in [9.17, 15) is 19.5 Å². The molecule has 5 fully saturated rings. The predicted molar refractivity (Wildman–Crippen MR) is 89.2 cm³/mol. The highest BCUT2D eigenvalue weighted by atomic mass is 16.7. The van der Waals surface area contributed by atoms with Crippen LogP contribution in [0.25, 0.3) is 0 Å². The Morgan fingerprint density at radius 2 is 1.82 bits per heavy atom. The van der Waals surface area contributed by atoms with Crippen LogP contribution in [-0.2, 0) is 33.3 Å². The molecule has 4 heterocycles. The molecule has 2 spiro atoms. The van der Waals surface area contributed by atoms with E-state index >= 15 is 0 Å². The third-order valence-corrected chi connectivity index (χ3v) is 8.30. The standard InChI is InChI=1S/C20H22O8/c1-7-11-8(25-13(7)22)6-18-10-5-9(17(2,3)4)19(18)12(21)14(23)27-16(19)28-20(11,18)15(24)26-10/h8-10,12,16,21H,5-6H2,1-4H3. The zero-order chi connectivity index (χ0) is 20.0. The average molecular weight is 390 g/mol. The maximum absolute atomic E-state index is 13.2. The van der Waals surface area contributed by atoms with Crippen LogP contribution in [0.1, 0.15) is 40.5 Å². The van der Waals surface area contributed by atoms with Crippen LogP contribution in [-0.4, -0.2) is 53.2 Å². The van der Waals surface area contributed by atoms with Crippen molar-refractivity contribution in [2.45, 2.75) is 70.7 Å². The third-order valence-electron chi connectivity index (χ3n) is 8.30. The van der Waals surface area contributed by atoms with Crippen LogP contribution in [0.15, 0.2) is 11.1 Å². The van der Waals surface area contributed by atoms with Crippen molar-refractivity contribution in [2.24, 2.45) is 22.2 Å². The maximum atomic E-state index is 13.2. The molecule has 8 unspecified atom stereocenters. The fraction of sp³-hybridized carbons (Fsp3) is 0.750. The molecule has 2 saturated carbocycles. The van der Waals surface area contributed by atoms with Crippen molar-refractivity contribution in [3.05, 3.63) is 11.1 Å².